The molecule has 1 aromatic heterocycles. The molecule has 1 unspecified atom stereocenters. The Balaban J connectivity index is 1.46. The van der Waals surface area contributed by atoms with Crippen LogP contribution in [0, 0.1) is 5.92 Å². The number of thiazole rings is 1. The Morgan fingerprint density at radius 1 is 1.11 bits per heavy atom. The first-order valence-corrected chi connectivity index (χ1v) is 12.7. The third kappa shape index (κ3) is 5.23. The molecule has 182 valence electrons. The van der Waals surface area contributed by atoms with Gasteiger partial charge in [0.15, 0.2) is 5.69 Å². The molecule has 1 atom stereocenters. The second-order valence-corrected chi connectivity index (χ2v) is 10.7. The number of methoxy groups -OCH3 is 1. The largest absolute Gasteiger partial charge is 0.497 e. The molecule has 8 heteroatoms. The normalized spacial score (nSPS) is 17.0. The molecule has 2 aliphatic carbocycles. The molecule has 1 N–H and O–H groups in total. The van der Waals surface area contributed by atoms with Crippen molar-refractivity contribution in [1.82, 2.24) is 4.98 Å². The summed E-state index contributed by atoms with van der Waals surface area (Å²) in [6.45, 7) is 0.936. The summed E-state index contributed by atoms with van der Waals surface area (Å²) in [5.74, 6) is 0.390. The predicted molar refractivity (Wildman–Crippen MR) is 132 cm³/mol. The van der Waals surface area contributed by atoms with E-state index in [2.05, 4.69) is 29.2 Å². The maximum Gasteiger partial charge on any atom is 0.355 e. The molecule has 7 nitrogen and oxygen atoms in total. The van der Waals surface area contributed by atoms with E-state index < -0.39 is 5.97 Å². The molecule has 2 aromatic carbocycles. The average Bonchev–Trinajstić information content (AvgIpc) is 3.36. The van der Waals surface area contributed by atoms with Gasteiger partial charge in [0.05, 0.1) is 32.4 Å². The van der Waals surface area contributed by atoms with Crippen LogP contribution in [0.25, 0.3) is 0 Å². The Morgan fingerprint density at radius 3 is 2.40 bits per heavy atom. The van der Waals surface area contributed by atoms with Gasteiger partial charge in [-0.2, -0.15) is 0 Å². The second kappa shape index (κ2) is 9.43. The Kier molecular flexibility index (Phi) is 6.34. The first kappa shape index (κ1) is 23.5. The number of nitrogens with zero attached hydrogens (tertiary/aromatic N) is 2. The number of aromatic nitrogens is 1. The minimum Gasteiger partial charge on any atom is -0.497 e. The van der Waals surface area contributed by atoms with Gasteiger partial charge in [-0.25, -0.2) is 14.6 Å². The SMILES string of the molecule is COc1cc(OC2CC2)cc(C(=O)[N+](C)(Cc2nc(C(=O)O)cs2)CC2Cc3ccccc3C2)c1. The minimum atomic E-state index is -1.06. The molecule has 3 aromatic rings. The van der Waals surface area contributed by atoms with Crippen LogP contribution in [-0.2, 0) is 19.4 Å². The van der Waals surface area contributed by atoms with E-state index in [4.69, 9.17) is 9.47 Å². The first-order chi connectivity index (χ1) is 16.8. The lowest BCUT2D eigenvalue weighted by Gasteiger charge is -2.33. The van der Waals surface area contributed by atoms with E-state index >= 15 is 0 Å². The van der Waals surface area contributed by atoms with Crippen molar-refractivity contribution in [3.63, 3.8) is 0 Å². The monoisotopic (exact) mass is 493 g/mol. The molecule has 0 saturated heterocycles. The standard InChI is InChI=1S/C27H28N2O5S/c1-29(15-25-28-24(16-35-25)27(31)32,14-17-9-18-5-3-4-6-19(18)10-17)26(30)20-11-22(33-2)13-23(12-20)34-21-7-8-21/h3-6,11-13,16-17,21H,7-10,14-15H2,1-2H3/p+1. The van der Waals surface area contributed by atoms with Crippen LogP contribution in [0.1, 0.15) is 49.8 Å². The highest BCUT2D eigenvalue weighted by Crippen LogP contribution is 2.34. The zero-order chi connectivity index (χ0) is 24.6. The number of carboxylic acids is 1. The number of rotatable bonds is 9. The predicted octanol–water partition coefficient (Wildman–Crippen LogP) is 4.59. The third-order valence-corrected chi connectivity index (χ3v) is 7.57. The van der Waals surface area contributed by atoms with Gasteiger partial charge in [0.25, 0.3) is 0 Å². The quantitative estimate of drug-likeness (QED) is 0.439. The molecule has 1 heterocycles. The van der Waals surface area contributed by atoms with Gasteiger partial charge < -0.3 is 14.6 Å². The number of hydrogen-bond donors (Lipinski definition) is 1. The molecule has 0 radical (unpaired) electrons. The number of ether oxygens (including phenoxy) is 2. The first-order valence-electron chi connectivity index (χ1n) is 11.8. The van der Waals surface area contributed by atoms with Crippen molar-refractivity contribution in [2.75, 3.05) is 20.7 Å². The lowest BCUT2D eigenvalue weighted by atomic mass is 10.0. The molecule has 5 rings (SSSR count). The zero-order valence-corrected chi connectivity index (χ0v) is 20.7. The van der Waals surface area contributed by atoms with E-state index in [1.165, 1.54) is 27.8 Å². The Labute approximate surface area is 208 Å². The molecule has 0 bridgehead atoms. The molecule has 1 saturated carbocycles. The summed E-state index contributed by atoms with van der Waals surface area (Å²) >= 11 is 1.28. The van der Waals surface area contributed by atoms with E-state index in [1.54, 1.807) is 19.2 Å². The fourth-order valence-electron chi connectivity index (χ4n) is 4.92. The number of carboxylic acid groups (broad SMARTS) is 1. The molecular weight excluding hydrogens is 464 g/mol. The molecular formula is C27H29N2O5S+. The van der Waals surface area contributed by atoms with Crippen molar-refractivity contribution >= 4 is 23.2 Å². The molecule has 1 amide bonds. The van der Waals surface area contributed by atoms with Gasteiger partial charge in [-0.15, -0.1) is 11.3 Å². The summed E-state index contributed by atoms with van der Waals surface area (Å²) < 4.78 is 11.5. The number of quaternary nitrogens is 1. The summed E-state index contributed by atoms with van der Waals surface area (Å²) in [5.41, 5.74) is 3.20. The van der Waals surface area contributed by atoms with E-state index in [9.17, 15) is 14.7 Å². The average molecular weight is 494 g/mol. The topological polar surface area (TPSA) is 85.7 Å². The second-order valence-electron chi connectivity index (χ2n) is 9.73. The molecule has 0 aliphatic heterocycles. The van der Waals surface area contributed by atoms with Gasteiger partial charge in [-0.3, -0.25) is 4.48 Å². The Morgan fingerprint density at radius 2 is 1.80 bits per heavy atom. The fourth-order valence-corrected chi connectivity index (χ4v) is 5.83. The van der Waals surface area contributed by atoms with Crippen LogP contribution >= 0.6 is 11.3 Å². The van der Waals surface area contributed by atoms with Crippen LogP contribution in [0.5, 0.6) is 11.5 Å². The summed E-state index contributed by atoms with van der Waals surface area (Å²) in [6.07, 6.45) is 4.08. The minimum absolute atomic E-state index is 0.0128. The number of aromatic carboxylic acids is 1. The van der Waals surface area contributed by atoms with Gasteiger partial charge in [0.1, 0.15) is 23.1 Å². The fraction of sp³-hybridized carbons (Fsp3) is 0.370. The lowest BCUT2D eigenvalue weighted by Crippen LogP contribution is -2.51. The smallest absolute Gasteiger partial charge is 0.355 e. The van der Waals surface area contributed by atoms with E-state index in [0.29, 0.717) is 41.1 Å². The van der Waals surface area contributed by atoms with Crippen molar-refractivity contribution in [3.8, 4) is 11.5 Å². The van der Waals surface area contributed by atoms with Crippen molar-refractivity contribution < 1.29 is 28.7 Å². The molecule has 1 fully saturated rings. The van der Waals surface area contributed by atoms with Gasteiger partial charge in [-0.1, -0.05) is 24.3 Å². The van der Waals surface area contributed by atoms with E-state index in [0.717, 1.165) is 25.7 Å². The van der Waals surface area contributed by atoms with Crippen LogP contribution < -0.4 is 9.47 Å². The van der Waals surface area contributed by atoms with Crippen LogP contribution in [0.15, 0.2) is 47.8 Å². The zero-order valence-electron chi connectivity index (χ0n) is 19.9. The summed E-state index contributed by atoms with van der Waals surface area (Å²) in [7, 11) is 3.51. The van der Waals surface area contributed by atoms with E-state index in [-0.39, 0.29) is 22.2 Å². The molecule has 35 heavy (non-hydrogen) atoms. The lowest BCUT2D eigenvalue weighted by molar-refractivity contribution is -0.846. The maximum absolute atomic E-state index is 14.1. The molecule has 0 spiro atoms. The number of benzene rings is 2. The van der Waals surface area contributed by atoms with Crippen LogP contribution in [-0.4, -0.2) is 53.3 Å². The Hall–Kier alpha value is -3.23. The number of carbonyl (C=O) groups excluding carboxylic acids is 1. The number of fused-ring (bicyclic) bond motifs is 1. The Bertz CT molecular complexity index is 1240. The summed E-state index contributed by atoms with van der Waals surface area (Å²) in [6, 6.07) is 13.8. The van der Waals surface area contributed by atoms with Crippen molar-refractivity contribution in [2.45, 2.75) is 38.3 Å². The number of carbonyl (C=O) groups is 2. The summed E-state index contributed by atoms with van der Waals surface area (Å²) in [4.78, 5) is 29.8. The highest BCUT2D eigenvalue weighted by molar-refractivity contribution is 7.09. The van der Waals surface area contributed by atoms with Crippen LogP contribution in [0.3, 0.4) is 0 Å². The summed E-state index contributed by atoms with van der Waals surface area (Å²) in [5, 5.41) is 11.5. The number of amides is 1. The van der Waals surface area contributed by atoms with E-state index in [1.807, 2.05) is 13.1 Å². The van der Waals surface area contributed by atoms with Crippen molar-refractivity contribution in [3.05, 3.63) is 75.2 Å². The van der Waals surface area contributed by atoms with Gasteiger partial charge in [0.2, 0.25) is 0 Å². The number of hydrogen-bond acceptors (Lipinski definition) is 6. The molecule has 2 aliphatic rings. The van der Waals surface area contributed by atoms with Crippen LogP contribution in [0.4, 0.5) is 0 Å². The highest BCUT2D eigenvalue weighted by Gasteiger charge is 2.39. The van der Waals surface area contributed by atoms with Crippen molar-refractivity contribution in [1.29, 1.82) is 0 Å². The van der Waals surface area contributed by atoms with Crippen LogP contribution in [0.2, 0.25) is 0 Å². The third-order valence-electron chi connectivity index (χ3n) is 6.73. The van der Waals surface area contributed by atoms with Gasteiger partial charge >= 0.3 is 11.9 Å². The maximum atomic E-state index is 14.1. The van der Waals surface area contributed by atoms with Gasteiger partial charge in [-0.05, 0) is 48.9 Å². The van der Waals surface area contributed by atoms with Gasteiger partial charge in [0, 0.05) is 17.4 Å². The van der Waals surface area contributed by atoms with Crippen molar-refractivity contribution in [2.24, 2.45) is 5.92 Å². The highest BCUT2D eigenvalue weighted by atomic mass is 32.1.